The number of nitrogens with zero attached hydrogens (tertiary/aromatic N) is 2. The summed E-state index contributed by atoms with van der Waals surface area (Å²) in [6.45, 7) is 10.1. The van der Waals surface area contributed by atoms with Crippen molar-refractivity contribution in [3.63, 3.8) is 0 Å². The Morgan fingerprint density at radius 1 is 1.24 bits per heavy atom. The first-order chi connectivity index (χ1) is 10.2. The van der Waals surface area contributed by atoms with E-state index in [1.54, 1.807) is 0 Å². The lowest BCUT2D eigenvalue weighted by molar-refractivity contribution is 0.0845. The topological polar surface area (TPSA) is 37.4 Å². The van der Waals surface area contributed by atoms with Crippen molar-refractivity contribution in [2.45, 2.75) is 52.3 Å². The molecular weight excluding hydrogens is 262 g/mol. The second kappa shape index (κ2) is 9.13. The van der Waals surface area contributed by atoms with E-state index >= 15 is 0 Å². The van der Waals surface area contributed by atoms with Crippen LogP contribution in [0.2, 0.25) is 0 Å². The zero-order chi connectivity index (χ0) is 14.9. The van der Waals surface area contributed by atoms with Gasteiger partial charge in [-0.15, -0.1) is 0 Å². The molecule has 1 N–H and O–H groups in total. The van der Waals surface area contributed by atoms with Gasteiger partial charge in [-0.3, -0.25) is 4.98 Å². The fourth-order valence-corrected chi connectivity index (χ4v) is 2.52. The SMILES string of the molecule is CC(C)NCc1ccc(COCCN2CCCCC2)nc1. The second-order valence-corrected chi connectivity index (χ2v) is 6.15. The van der Waals surface area contributed by atoms with E-state index in [-0.39, 0.29) is 0 Å². The lowest BCUT2D eigenvalue weighted by atomic mass is 10.1. The van der Waals surface area contributed by atoms with E-state index in [0.29, 0.717) is 12.6 Å². The van der Waals surface area contributed by atoms with E-state index in [0.717, 1.165) is 25.4 Å². The second-order valence-electron chi connectivity index (χ2n) is 6.15. The number of likely N-dealkylation sites (tertiary alicyclic amines) is 1. The number of aromatic nitrogens is 1. The number of hydrogen-bond acceptors (Lipinski definition) is 4. The molecule has 118 valence electrons. The highest BCUT2D eigenvalue weighted by Gasteiger charge is 2.09. The van der Waals surface area contributed by atoms with E-state index < -0.39 is 0 Å². The van der Waals surface area contributed by atoms with Crippen molar-refractivity contribution in [3.8, 4) is 0 Å². The highest BCUT2D eigenvalue weighted by molar-refractivity contribution is 5.13. The summed E-state index contributed by atoms with van der Waals surface area (Å²) in [5.74, 6) is 0. The van der Waals surface area contributed by atoms with Crippen LogP contribution in [0, 0.1) is 0 Å². The van der Waals surface area contributed by atoms with Crippen LogP contribution in [-0.4, -0.2) is 42.2 Å². The minimum atomic E-state index is 0.503. The molecule has 0 aromatic carbocycles. The van der Waals surface area contributed by atoms with Crippen LogP contribution in [0.4, 0.5) is 0 Å². The number of ether oxygens (including phenoxy) is 1. The van der Waals surface area contributed by atoms with Crippen LogP contribution in [0.1, 0.15) is 44.4 Å². The number of piperidine rings is 1. The molecule has 0 spiro atoms. The Balaban J connectivity index is 1.61. The normalized spacial score (nSPS) is 16.5. The number of nitrogens with one attached hydrogen (secondary N) is 1. The minimum absolute atomic E-state index is 0.503. The summed E-state index contributed by atoms with van der Waals surface area (Å²) >= 11 is 0. The molecule has 4 heteroatoms. The zero-order valence-electron chi connectivity index (χ0n) is 13.5. The first kappa shape index (κ1) is 16.4. The Labute approximate surface area is 128 Å². The van der Waals surface area contributed by atoms with Crippen molar-refractivity contribution < 1.29 is 4.74 Å². The van der Waals surface area contributed by atoms with Gasteiger partial charge in [-0.1, -0.05) is 26.3 Å². The summed E-state index contributed by atoms with van der Waals surface area (Å²) in [6, 6.07) is 4.70. The lowest BCUT2D eigenvalue weighted by Crippen LogP contribution is -2.32. The highest BCUT2D eigenvalue weighted by atomic mass is 16.5. The summed E-state index contributed by atoms with van der Waals surface area (Å²) in [5.41, 5.74) is 2.24. The average molecular weight is 291 g/mol. The third-order valence-electron chi connectivity index (χ3n) is 3.85. The van der Waals surface area contributed by atoms with E-state index in [9.17, 15) is 0 Å². The molecular formula is C17H29N3O. The maximum atomic E-state index is 5.74. The molecule has 0 radical (unpaired) electrons. The van der Waals surface area contributed by atoms with Gasteiger partial charge in [-0.05, 0) is 37.6 Å². The third-order valence-corrected chi connectivity index (χ3v) is 3.85. The van der Waals surface area contributed by atoms with Crippen molar-refractivity contribution in [1.82, 2.24) is 15.2 Å². The molecule has 0 atom stereocenters. The van der Waals surface area contributed by atoms with Crippen molar-refractivity contribution in [3.05, 3.63) is 29.6 Å². The monoisotopic (exact) mass is 291 g/mol. The molecule has 0 amide bonds. The Bertz CT molecular complexity index is 386. The van der Waals surface area contributed by atoms with Crippen molar-refractivity contribution in [2.24, 2.45) is 0 Å². The quantitative estimate of drug-likeness (QED) is 0.747. The zero-order valence-corrected chi connectivity index (χ0v) is 13.5. The molecule has 0 unspecified atom stereocenters. The van der Waals surface area contributed by atoms with Crippen LogP contribution in [0.5, 0.6) is 0 Å². The van der Waals surface area contributed by atoms with E-state index in [4.69, 9.17) is 4.74 Å². The smallest absolute Gasteiger partial charge is 0.0888 e. The summed E-state index contributed by atoms with van der Waals surface area (Å²) in [5, 5.41) is 3.39. The fourth-order valence-electron chi connectivity index (χ4n) is 2.52. The fraction of sp³-hybridized carbons (Fsp3) is 0.706. The summed E-state index contributed by atoms with van der Waals surface area (Å²) < 4.78 is 5.74. The Hall–Kier alpha value is -0.970. The van der Waals surface area contributed by atoms with Crippen LogP contribution in [0.25, 0.3) is 0 Å². The Morgan fingerprint density at radius 2 is 2.05 bits per heavy atom. The van der Waals surface area contributed by atoms with Gasteiger partial charge in [-0.2, -0.15) is 0 Å². The molecule has 2 rings (SSSR count). The molecule has 4 nitrogen and oxygen atoms in total. The average Bonchev–Trinajstić information content (AvgIpc) is 2.52. The van der Waals surface area contributed by atoms with Gasteiger partial charge in [0.05, 0.1) is 18.9 Å². The first-order valence-corrected chi connectivity index (χ1v) is 8.21. The predicted molar refractivity (Wildman–Crippen MR) is 86.2 cm³/mol. The van der Waals surface area contributed by atoms with Crippen LogP contribution >= 0.6 is 0 Å². The number of pyridine rings is 1. The molecule has 1 saturated heterocycles. The molecule has 1 aromatic heterocycles. The van der Waals surface area contributed by atoms with Gasteiger partial charge in [-0.25, -0.2) is 0 Å². The number of rotatable bonds is 8. The van der Waals surface area contributed by atoms with Gasteiger partial charge >= 0.3 is 0 Å². The molecule has 1 aromatic rings. The van der Waals surface area contributed by atoms with Gasteiger partial charge in [0.2, 0.25) is 0 Å². The maximum Gasteiger partial charge on any atom is 0.0888 e. The van der Waals surface area contributed by atoms with Crippen LogP contribution in [0.15, 0.2) is 18.3 Å². The Morgan fingerprint density at radius 3 is 2.71 bits per heavy atom. The molecule has 2 heterocycles. The molecule has 21 heavy (non-hydrogen) atoms. The molecule has 1 aliphatic heterocycles. The Kier molecular flexibility index (Phi) is 7.13. The van der Waals surface area contributed by atoms with Crippen molar-refractivity contribution >= 4 is 0 Å². The van der Waals surface area contributed by atoms with E-state index in [1.807, 2.05) is 6.20 Å². The first-order valence-electron chi connectivity index (χ1n) is 8.21. The van der Waals surface area contributed by atoms with Crippen molar-refractivity contribution in [2.75, 3.05) is 26.2 Å². The highest BCUT2D eigenvalue weighted by Crippen LogP contribution is 2.08. The van der Waals surface area contributed by atoms with Crippen LogP contribution in [-0.2, 0) is 17.9 Å². The molecule has 1 aliphatic rings. The number of hydrogen-bond donors (Lipinski definition) is 1. The molecule has 0 bridgehead atoms. The largest absolute Gasteiger partial charge is 0.374 e. The molecule has 0 saturated carbocycles. The lowest BCUT2D eigenvalue weighted by Gasteiger charge is -2.26. The minimum Gasteiger partial charge on any atom is -0.374 e. The summed E-state index contributed by atoms with van der Waals surface area (Å²) in [4.78, 5) is 6.96. The predicted octanol–water partition coefficient (Wildman–Crippen LogP) is 2.58. The van der Waals surface area contributed by atoms with Gasteiger partial charge in [0.25, 0.3) is 0 Å². The van der Waals surface area contributed by atoms with Crippen LogP contribution in [0.3, 0.4) is 0 Å². The molecule has 1 fully saturated rings. The maximum absolute atomic E-state index is 5.74. The standard InChI is InChI=1S/C17H29N3O/c1-15(2)18-12-16-6-7-17(19-13-16)14-21-11-10-20-8-4-3-5-9-20/h6-7,13,15,18H,3-5,8-12,14H2,1-2H3. The van der Waals surface area contributed by atoms with Gasteiger partial charge < -0.3 is 15.0 Å². The van der Waals surface area contributed by atoms with Crippen LogP contribution < -0.4 is 5.32 Å². The summed E-state index contributed by atoms with van der Waals surface area (Å²) in [7, 11) is 0. The van der Waals surface area contributed by atoms with Gasteiger partial charge in [0.15, 0.2) is 0 Å². The van der Waals surface area contributed by atoms with Gasteiger partial charge in [0, 0.05) is 25.3 Å². The van der Waals surface area contributed by atoms with E-state index in [1.165, 1.54) is 37.9 Å². The van der Waals surface area contributed by atoms with Gasteiger partial charge in [0.1, 0.15) is 0 Å². The van der Waals surface area contributed by atoms with E-state index in [2.05, 4.69) is 41.2 Å². The third kappa shape index (κ3) is 6.55. The van der Waals surface area contributed by atoms with Crippen molar-refractivity contribution in [1.29, 1.82) is 0 Å². The summed E-state index contributed by atoms with van der Waals surface area (Å²) in [6.07, 6.45) is 6.01. The molecule has 0 aliphatic carbocycles.